The van der Waals surface area contributed by atoms with Crippen molar-refractivity contribution in [1.82, 2.24) is 45.7 Å². The van der Waals surface area contributed by atoms with Gasteiger partial charge in [-0.1, -0.05) is 65.0 Å². The lowest BCUT2D eigenvalue weighted by Crippen LogP contribution is -2.53. The predicted molar refractivity (Wildman–Crippen MR) is 210 cm³/mol. The average Bonchev–Trinajstić information content (AvgIpc) is 4.02. The molecule has 0 saturated carbocycles. The van der Waals surface area contributed by atoms with Crippen LogP contribution in [0.1, 0.15) is 115 Å². The van der Waals surface area contributed by atoms with E-state index in [4.69, 9.17) is 14.7 Å². The SMILES string of the molecule is CNC(=O)N[C@H](C(=O)N1CCC[C@H]1c1ncc(-c2ccc(C3(C)CC=C(c4cnc([C@@H]5CCCN5C(=O)[C@@H](NC(=O)OC)C(C)C)[nH]4)CC3)cc2)[nH]1)C(C)C. The monoisotopic (exact) mass is 755 g/mol. The van der Waals surface area contributed by atoms with Gasteiger partial charge in [0.15, 0.2) is 0 Å². The Balaban J connectivity index is 1.09. The summed E-state index contributed by atoms with van der Waals surface area (Å²) >= 11 is 0. The molecule has 0 spiro atoms. The minimum atomic E-state index is -0.670. The molecule has 55 heavy (non-hydrogen) atoms. The van der Waals surface area contributed by atoms with E-state index in [0.717, 1.165) is 73.5 Å². The molecule has 5 N–H and O–H groups in total. The normalized spacial score (nSPS) is 22.4. The van der Waals surface area contributed by atoms with Crippen LogP contribution in [-0.4, -0.2) is 93.0 Å². The number of methoxy groups -OCH3 is 1. The Kier molecular flexibility index (Phi) is 12.0. The van der Waals surface area contributed by atoms with Crippen LogP contribution in [0.2, 0.25) is 0 Å². The molecular weight excluding hydrogens is 699 g/mol. The summed E-state index contributed by atoms with van der Waals surface area (Å²) in [7, 11) is 2.84. The van der Waals surface area contributed by atoms with E-state index in [-0.39, 0.29) is 47.2 Å². The standard InChI is InChI=1S/C41H57N9O5/c1-24(2)33(47-39(53)42-6)37(51)49-20-8-10-31(49)35-43-22-29(45-35)26-12-14-28(15-13-26)41(5)18-16-27(17-19-41)30-23-44-36(46-30)32-11-9-21-50(32)38(52)34(25(3)4)48-40(54)55-7/h12-16,22-25,31-34H,8-11,17-21H2,1-7H3,(H,43,45)(H,44,46)(H,48,54)(H2,42,47,53)/t31-,32-,33-,34-,41?/m0/s1. The number of carbonyl (C=O) groups excluding carboxylic acids is 4. The Morgan fingerprint density at radius 3 is 1.89 bits per heavy atom. The summed E-state index contributed by atoms with van der Waals surface area (Å²) in [6, 6.07) is 6.68. The minimum absolute atomic E-state index is 0.0302. The lowest BCUT2D eigenvalue weighted by Gasteiger charge is -2.33. The minimum Gasteiger partial charge on any atom is -0.453 e. The first-order chi connectivity index (χ1) is 26.3. The van der Waals surface area contributed by atoms with Gasteiger partial charge < -0.3 is 40.5 Å². The molecule has 4 heterocycles. The van der Waals surface area contributed by atoms with E-state index < -0.39 is 18.2 Å². The summed E-state index contributed by atoms with van der Waals surface area (Å²) in [5, 5.41) is 8.08. The van der Waals surface area contributed by atoms with Gasteiger partial charge in [0.25, 0.3) is 0 Å². The number of rotatable bonds is 11. The van der Waals surface area contributed by atoms with E-state index in [1.165, 1.54) is 18.2 Å². The predicted octanol–water partition coefficient (Wildman–Crippen LogP) is 5.99. The van der Waals surface area contributed by atoms with Crippen LogP contribution in [0.25, 0.3) is 16.8 Å². The first-order valence-corrected chi connectivity index (χ1v) is 19.7. The van der Waals surface area contributed by atoms with Crippen LogP contribution >= 0.6 is 0 Å². The van der Waals surface area contributed by atoms with Gasteiger partial charge in [0.1, 0.15) is 23.7 Å². The van der Waals surface area contributed by atoms with Gasteiger partial charge in [0.05, 0.1) is 43.0 Å². The molecule has 0 radical (unpaired) electrons. The Bertz CT molecular complexity index is 1880. The van der Waals surface area contributed by atoms with E-state index in [1.54, 1.807) is 7.05 Å². The molecule has 296 valence electrons. The molecule has 14 nitrogen and oxygen atoms in total. The average molecular weight is 756 g/mol. The third kappa shape index (κ3) is 8.42. The lowest BCUT2D eigenvalue weighted by molar-refractivity contribution is -0.136. The molecular formula is C41H57N9O5. The molecule has 1 unspecified atom stereocenters. The smallest absolute Gasteiger partial charge is 0.407 e. The van der Waals surface area contributed by atoms with Crippen molar-refractivity contribution in [3.05, 3.63) is 65.6 Å². The van der Waals surface area contributed by atoms with Gasteiger partial charge in [-0.25, -0.2) is 19.6 Å². The zero-order valence-electron chi connectivity index (χ0n) is 33.2. The molecule has 5 atom stereocenters. The third-order valence-corrected chi connectivity index (χ3v) is 11.7. The topological polar surface area (TPSA) is 177 Å². The van der Waals surface area contributed by atoms with Gasteiger partial charge in [-0.3, -0.25) is 9.59 Å². The number of allylic oxidation sites excluding steroid dienone is 2. The van der Waals surface area contributed by atoms with Crippen molar-refractivity contribution in [2.75, 3.05) is 27.2 Å². The molecule has 1 aromatic carbocycles. The van der Waals surface area contributed by atoms with Crippen molar-refractivity contribution < 1.29 is 23.9 Å². The van der Waals surface area contributed by atoms with Crippen molar-refractivity contribution >= 4 is 29.5 Å². The van der Waals surface area contributed by atoms with E-state index in [2.05, 4.69) is 63.2 Å². The number of carbonyl (C=O) groups is 4. The second-order valence-electron chi connectivity index (χ2n) is 16.1. The summed E-state index contributed by atoms with van der Waals surface area (Å²) in [4.78, 5) is 71.4. The first-order valence-electron chi connectivity index (χ1n) is 19.7. The van der Waals surface area contributed by atoms with Crippen molar-refractivity contribution in [1.29, 1.82) is 0 Å². The molecule has 6 rings (SSSR count). The number of imidazole rings is 2. The van der Waals surface area contributed by atoms with Gasteiger partial charge in [0.2, 0.25) is 11.8 Å². The van der Waals surface area contributed by atoms with Crippen LogP contribution in [0.15, 0.2) is 42.7 Å². The molecule has 14 heteroatoms. The van der Waals surface area contributed by atoms with E-state index >= 15 is 0 Å². The van der Waals surface area contributed by atoms with E-state index in [1.807, 2.05) is 49.9 Å². The number of urea groups is 1. The number of H-pyrrole nitrogens is 2. The van der Waals surface area contributed by atoms with Gasteiger partial charge in [-0.05, 0) is 78.9 Å². The van der Waals surface area contributed by atoms with Crippen molar-refractivity contribution in [3.63, 3.8) is 0 Å². The van der Waals surface area contributed by atoms with Gasteiger partial charge in [-0.2, -0.15) is 0 Å². The van der Waals surface area contributed by atoms with E-state index in [9.17, 15) is 19.2 Å². The molecule has 2 aromatic heterocycles. The molecule has 2 saturated heterocycles. The molecule has 2 fully saturated rings. The first kappa shape index (κ1) is 39.6. The Hall–Kier alpha value is -5.14. The maximum atomic E-state index is 13.6. The number of likely N-dealkylation sites (tertiary alicyclic amines) is 2. The summed E-state index contributed by atoms with van der Waals surface area (Å²) < 4.78 is 4.77. The molecule has 0 bridgehead atoms. The molecule has 2 aliphatic heterocycles. The molecule has 3 aliphatic rings. The van der Waals surface area contributed by atoms with Crippen LogP contribution in [0.5, 0.6) is 0 Å². The van der Waals surface area contributed by atoms with E-state index in [0.29, 0.717) is 13.1 Å². The van der Waals surface area contributed by atoms with Crippen molar-refractivity contribution in [2.24, 2.45) is 11.8 Å². The fraction of sp³-hybridized carbons (Fsp3) is 0.561. The highest BCUT2D eigenvalue weighted by Gasteiger charge is 2.39. The van der Waals surface area contributed by atoms with Crippen LogP contribution in [0.4, 0.5) is 9.59 Å². The third-order valence-electron chi connectivity index (χ3n) is 11.7. The number of hydrogen-bond donors (Lipinski definition) is 5. The highest BCUT2D eigenvalue weighted by atomic mass is 16.5. The van der Waals surface area contributed by atoms with Crippen molar-refractivity contribution in [3.8, 4) is 11.3 Å². The molecule has 1 aliphatic carbocycles. The lowest BCUT2D eigenvalue weighted by atomic mass is 9.71. The summed E-state index contributed by atoms with van der Waals surface area (Å²) in [6.07, 6.45) is 11.5. The highest BCUT2D eigenvalue weighted by molar-refractivity contribution is 5.88. The Morgan fingerprint density at radius 2 is 1.38 bits per heavy atom. The summed E-state index contributed by atoms with van der Waals surface area (Å²) in [6.45, 7) is 11.3. The number of amides is 5. The summed E-state index contributed by atoms with van der Waals surface area (Å²) in [5.74, 6) is 1.18. The number of aromatic nitrogens is 4. The Labute approximate surface area is 323 Å². The number of hydrogen-bond acceptors (Lipinski definition) is 7. The number of ether oxygens (including phenoxy) is 1. The van der Waals surface area contributed by atoms with Crippen LogP contribution < -0.4 is 16.0 Å². The number of benzene rings is 1. The second-order valence-corrected chi connectivity index (χ2v) is 16.1. The Morgan fingerprint density at radius 1 is 0.836 bits per heavy atom. The quantitative estimate of drug-likeness (QED) is 0.160. The maximum Gasteiger partial charge on any atom is 0.407 e. The van der Waals surface area contributed by atoms with Crippen molar-refractivity contribution in [2.45, 2.75) is 109 Å². The number of aromatic amines is 2. The van der Waals surface area contributed by atoms with Crippen LogP contribution in [0, 0.1) is 11.8 Å². The van der Waals surface area contributed by atoms with Gasteiger partial charge >= 0.3 is 12.1 Å². The van der Waals surface area contributed by atoms with Crippen LogP contribution in [0.3, 0.4) is 0 Å². The zero-order chi connectivity index (χ0) is 39.4. The number of nitrogens with zero attached hydrogens (tertiary/aromatic N) is 4. The fourth-order valence-electron chi connectivity index (χ4n) is 8.26. The zero-order valence-corrected chi connectivity index (χ0v) is 33.2. The second kappa shape index (κ2) is 16.7. The highest BCUT2D eigenvalue weighted by Crippen LogP contribution is 2.42. The largest absolute Gasteiger partial charge is 0.453 e. The summed E-state index contributed by atoms with van der Waals surface area (Å²) in [5.41, 5.74) is 5.38. The molecule has 3 aromatic rings. The van der Waals surface area contributed by atoms with Gasteiger partial charge in [0, 0.05) is 20.1 Å². The van der Waals surface area contributed by atoms with Crippen LogP contribution in [-0.2, 0) is 19.7 Å². The van der Waals surface area contributed by atoms with Gasteiger partial charge in [-0.15, -0.1) is 0 Å². The number of alkyl carbamates (subject to hydrolysis) is 1. The number of nitrogens with one attached hydrogen (secondary N) is 5. The maximum absolute atomic E-state index is 13.6. The molecule has 5 amide bonds. The fourth-order valence-corrected chi connectivity index (χ4v) is 8.26.